The lowest BCUT2D eigenvalue weighted by Crippen LogP contribution is -2.50. The predicted molar refractivity (Wildman–Crippen MR) is 145 cm³/mol. The quantitative estimate of drug-likeness (QED) is 0.381. The highest BCUT2D eigenvalue weighted by Gasteiger charge is 2.47. The molecule has 2 aliphatic heterocycles. The standard InChI is InChI=1S/C28H30ClF2N5O3/c1-28(2,3)39-27(37)36-12-16-8-17(36)11-35(16)22-9-18-21(10-19(22)30)32-14-33-26(18)34-20-6-7-23(24(29)25(20)31)38-13-15-4-5-15/h6-7,9-10,14-17H,4-5,8,11-13H2,1-3H3,(H,32,33,34)/t16-,17-/m0/s1. The van der Waals surface area contributed by atoms with Crippen LogP contribution in [-0.2, 0) is 4.74 Å². The number of aromatic nitrogens is 2. The smallest absolute Gasteiger partial charge is 0.410 e. The van der Waals surface area contributed by atoms with Crippen LogP contribution in [-0.4, -0.2) is 58.3 Å². The summed E-state index contributed by atoms with van der Waals surface area (Å²) < 4.78 is 41.7. The number of anilines is 3. The zero-order chi connectivity index (χ0) is 27.5. The van der Waals surface area contributed by atoms with Crippen molar-refractivity contribution in [3.05, 3.63) is 47.2 Å². The Labute approximate surface area is 230 Å². The number of ether oxygens (including phenoxy) is 2. The summed E-state index contributed by atoms with van der Waals surface area (Å²) in [7, 11) is 0. The van der Waals surface area contributed by atoms with Crippen LogP contribution < -0.4 is 15.0 Å². The molecule has 6 rings (SSSR count). The number of fused-ring (bicyclic) bond motifs is 3. The van der Waals surface area contributed by atoms with Crippen LogP contribution in [0.3, 0.4) is 0 Å². The fourth-order valence-corrected chi connectivity index (χ4v) is 5.47. The highest BCUT2D eigenvalue weighted by molar-refractivity contribution is 6.32. The van der Waals surface area contributed by atoms with E-state index in [1.165, 1.54) is 12.4 Å². The molecule has 0 radical (unpaired) electrons. The molecule has 1 aliphatic carbocycles. The van der Waals surface area contributed by atoms with E-state index >= 15 is 8.78 Å². The van der Waals surface area contributed by atoms with Gasteiger partial charge in [0.05, 0.1) is 29.5 Å². The summed E-state index contributed by atoms with van der Waals surface area (Å²) in [5, 5.41) is 3.43. The van der Waals surface area contributed by atoms with Gasteiger partial charge < -0.3 is 24.6 Å². The molecule has 1 amide bonds. The van der Waals surface area contributed by atoms with Crippen molar-refractivity contribution in [2.24, 2.45) is 5.92 Å². The first kappa shape index (κ1) is 25.9. The maximum atomic E-state index is 15.3. The van der Waals surface area contributed by atoms with Crippen molar-refractivity contribution in [3.8, 4) is 5.75 Å². The van der Waals surface area contributed by atoms with Crippen molar-refractivity contribution in [1.82, 2.24) is 14.9 Å². The van der Waals surface area contributed by atoms with Gasteiger partial charge in [0.25, 0.3) is 0 Å². The molecule has 39 heavy (non-hydrogen) atoms. The number of carbonyl (C=O) groups is 1. The van der Waals surface area contributed by atoms with Gasteiger partial charge in [0.15, 0.2) is 5.82 Å². The molecule has 206 valence electrons. The molecule has 3 heterocycles. The maximum Gasteiger partial charge on any atom is 0.410 e. The third kappa shape index (κ3) is 5.14. The average molecular weight is 558 g/mol. The minimum absolute atomic E-state index is 0.0463. The number of piperazine rings is 1. The van der Waals surface area contributed by atoms with E-state index in [-0.39, 0.29) is 28.9 Å². The summed E-state index contributed by atoms with van der Waals surface area (Å²) in [5.41, 5.74) is 0.307. The molecule has 1 N–H and O–H groups in total. The first-order chi connectivity index (χ1) is 18.6. The zero-order valence-electron chi connectivity index (χ0n) is 22.0. The van der Waals surface area contributed by atoms with Crippen LogP contribution in [0.15, 0.2) is 30.6 Å². The van der Waals surface area contributed by atoms with Gasteiger partial charge in [-0.2, -0.15) is 0 Å². The summed E-state index contributed by atoms with van der Waals surface area (Å²) in [6, 6.07) is 6.09. The van der Waals surface area contributed by atoms with Crippen molar-refractivity contribution in [1.29, 1.82) is 0 Å². The molecule has 2 bridgehead atoms. The van der Waals surface area contributed by atoms with Crippen LogP contribution in [0, 0.1) is 17.6 Å². The van der Waals surface area contributed by atoms with E-state index in [0.29, 0.717) is 53.8 Å². The highest BCUT2D eigenvalue weighted by Crippen LogP contribution is 2.40. The Kier molecular flexibility index (Phi) is 6.40. The number of likely N-dealkylation sites (tertiary alicyclic amines) is 1. The van der Waals surface area contributed by atoms with Crippen LogP contribution in [0.5, 0.6) is 5.75 Å². The lowest BCUT2D eigenvalue weighted by atomic mass is 10.1. The van der Waals surface area contributed by atoms with Gasteiger partial charge in [0.1, 0.15) is 34.3 Å². The molecule has 11 heteroatoms. The SMILES string of the molecule is CC(C)(C)OC(=O)N1C[C@@H]2C[C@H]1CN2c1cc2c(Nc3ccc(OCC4CC4)c(Cl)c3F)ncnc2cc1F. The van der Waals surface area contributed by atoms with Gasteiger partial charge in [-0.05, 0) is 64.2 Å². The molecular weight excluding hydrogens is 528 g/mol. The topological polar surface area (TPSA) is 79.8 Å². The number of amides is 1. The molecule has 3 aliphatic rings. The normalized spacial score (nSPS) is 20.6. The van der Waals surface area contributed by atoms with Gasteiger partial charge in [-0.1, -0.05) is 11.6 Å². The van der Waals surface area contributed by atoms with Crippen LogP contribution in [0.2, 0.25) is 5.02 Å². The molecule has 8 nitrogen and oxygen atoms in total. The van der Waals surface area contributed by atoms with Crippen molar-refractivity contribution in [3.63, 3.8) is 0 Å². The Hall–Kier alpha value is -3.40. The van der Waals surface area contributed by atoms with E-state index < -0.39 is 17.2 Å². The lowest BCUT2D eigenvalue weighted by Gasteiger charge is -2.36. The second-order valence-corrected chi connectivity index (χ2v) is 11.9. The number of nitrogens with one attached hydrogen (secondary N) is 1. The monoisotopic (exact) mass is 557 g/mol. The molecule has 2 aromatic carbocycles. The van der Waals surface area contributed by atoms with Crippen LogP contribution in [0.4, 0.5) is 30.8 Å². The van der Waals surface area contributed by atoms with Crippen molar-refractivity contribution in [2.45, 2.75) is 57.7 Å². The minimum Gasteiger partial charge on any atom is -0.492 e. The fraction of sp³-hybridized carbons (Fsp3) is 0.464. The Morgan fingerprint density at radius 2 is 1.95 bits per heavy atom. The fourth-order valence-electron chi connectivity index (χ4n) is 5.25. The Bertz CT molecular complexity index is 1440. The molecule has 2 atom stereocenters. The number of hydrogen-bond acceptors (Lipinski definition) is 7. The largest absolute Gasteiger partial charge is 0.492 e. The van der Waals surface area contributed by atoms with Crippen LogP contribution >= 0.6 is 11.6 Å². The van der Waals surface area contributed by atoms with Gasteiger partial charge in [-0.25, -0.2) is 23.5 Å². The van der Waals surface area contributed by atoms with Gasteiger partial charge in [0.2, 0.25) is 0 Å². The lowest BCUT2D eigenvalue weighted by molar-refractivity contribution is 0.0214. The molecule has 0 unspecified atom stereocenters. The molecule has 3 fully saturated rings. The van der Waals surface area contributed by atoms with Gasteiger partial charge in [0, 0.05) is 30.6 Å². The third-order valence-electron chi connectivity index (χ3n) is 7.35. The van der Waals surface area contributed by atoms with Crippen molar-refractivity contribution >= 4 is 45.8 Å². The number of nitrogens with zero attached hydrogens (tertiary/aromatic N) is 4. The van der Waals surface area contributed by atoms with Gasteiger partial charge in [-0.3, -0.25) is 0 Å². The van der Waals surface area contributed by atoms with E-state index in [1.54, 1.807) is 23.1 Å². The third-order valence-corrected chi connectivity index (χ3v) is 7.71. The Balaban J connectivity index is 1.24. The summed E-state index contributed by atoms with van der Waals surface area (Å²) in [5.74, 6) is 0.0544. The van der Waals surface area contributed by atoms with E-state index in [1.807, 2.05) is 25.7 Å². The summed E-state index contributed by atoms with van der Waals surface area (Å²) in [6.45, 7) is 6.95. The van der Waals surface area contributed by atoms with Crippen molar-refractivity contribution in [2.75, 3.05) is 29.9 Å². The number of hydrogen-bond donors (Lipinski definition) is 1. The summed E-state index contributed by atoms with van der Waals surface area (Å²) in [4.78, 5) is 24.9. The Morgan fingerprint density at radius 3 is 2.64 bits per heavy atom. The number of halogens is 3. The van der Waals surface area contributed by atoms with Crippen LogP contribution in [0.1, 0.15) is 40.0 Å². The van der Waals surface area contributed by atoms with Crippen molar-refractivity contribution < 1.29 is 23.0 Å². The molecule has 1 saturated carbocycles. The maximum absolute atomic E-state index is 15.3. The first-order valence-electron chi connectivity index (χ1n) is 13.2. The molecule has 0 spiro atoms. The molecule has 1 aromatic heterocycles. The predicted octanol–water partition coefficient (Wildman–Crippen LogP) is 6.29. The van der Waals surface area contributed by atoms with E-state index in [2.05, 4.69) is 15.3 Å². The number of carbonyl (C=O) groups excluding carboxylic acids is 1. The Morgan fingerprint density at radius 1 is 1.15 bits per heavy atom. The molecule has 2 saturated heterocycles. The molecule has 3 aromatic rings. The zero-order valence-corrected chi connectivity index (χ0v) is 22.8. The average Bonchev–Trinajstić information content (AvgIpc) is 3.48. The first-order valence-corrected chi connectivity index (χ1v) is 13.5. The minimum atomic E-state index is -0.654. The number of benzene rings is 2. The number of rotatable bonds is 6. The van der Waals surface area contributed by atoms with Gasteiger partial charge >= 0.3 is 6.09 Å². The van der Waals surface area contributed by atoms with Gasteiger partial charge in [-0.15, -0.1) is 0 Å². The second-order valence-electron chi connectivity index (χ2n) is 11.5. The summed E-state index contributed by atoms with van der Waals surface area (Å²) in [6.07, 6.45) is 3.91. The van der Waals surface area contributed by atoms with E-state index in [0.717, 1.165) is 19.3 Å². The second kappa shape index (κ2) is 9.66. The van der Waals surface area contributed by atoms with E-state index in [4.69, 9.17) is 21.1 Å². The van der Waals surface area contributed by atoms with Crippen LogP contribution in [0.25, 0.3) is 10.9 Å². The molecular formula is C28H30ClF2N5O3. The highest BCUT2D eigenvalue weighted by atomic mass is 35.5. The van der Waals surface area contributed by atoms with E-state index in [9.17, 15) is 4.79 Å². The summed E-state index contributed by atoms with van der Waals surface area (Å²) >= 11 is 6.26.